The quantitative estimate of drug-likeness (QED) is 0.596. The summed E-state index contributed by atoms with van der Waals surface area (Å²) in [4.78, 5) is 10.8. The Morgan fingerprint density at radius 2 is 2.09 bits per heavy atom. The van der Waals surface area contributed by atoms with Gasteiger partial charge in [0.25, 0.3) is 0 Å². The molecule has 11 heavy (non-hydrogen) atoms. The smallest absolute Gasteiger partial charge is 0.132 e. The highest BCUT2D eigenvalue weighted by molar-refractivity contribution is 5.79. The van der Waals surface area contributed by atoms with E-state index in [4.69, 9.17) is 5.73 Å². The lowest BCUT2D eigenvalue weighted by molar-refractivity contribution is -0.121. The SMILES string of the molecule is NCC(O)C1CCC(=O)CC1. The Morgan fingerprint density at radius 3 is 2.55 bits per heavy atom. The molecule has 0 aromatic carbocycles. The van der Waals surface area contributed by atoms with E-state index < -0.39 is 6.10 Å². The number of hydrogen-bond donors (Lipinski definition) is 2. The van der Waals surface area contributed by atoms with E-state index >= 15 is 0 Å². The highest BCUT2D eigenvalue weighted by atomic mass is 16.3. The van der Waals surface area contributed by atoms with Crippen LogP contribution in [0, 0.1) is 5.92 Å². The van der Waals surface area contributed by atoms with Crippen LogP contribution in [0.4, 0.5) is 0 Å². The van der Waals surface area contributed by atoms with Crippen molar-refractivity contribution in [1.29, 1.82) is 0 Å². The highest BCUT2D eigenvalue weighted by Gasteiger charge is 2.23. The molecular formula is C8H15NO2. The largest absolute Gasteiger partial charge is 0.392 e. The predicted molar refractivity (Wildman–Crippen MR) is 42.0 cm³/mol. The van der Waals surface area contributed by atoms with Gasteiger partial charge in [-0.25, -0.2) is 0 Å². The van der Waals surface area contributed by atoms with Gasteiger partial charge in [-0.15, -0.1) is 0 Å². The monoisotopic (exact) mass is 157 g/mol. The standard InChI is InChI=1S/C8H15NO2/c9-5-8(11)6-1-3-7(10)4-2-6/h6,8,11H,1-5,9H2. The number of nitrogens with two attached hydrogens (primary N) is 1. The molecule has 1 aliphatic rings. The van der Waals surface area contributed by atoms with E-state index in [1.165, 1.54) is 0 Å². The molecule has 1 aliphatic carbocycles. The molecule has 1 rings (SSSR count). The molecule has 0 amide bonds. The molecule has 3 nitrogen and oxygen atoms in total. The van der Waals surface area contributed by atoms with E-state index in [1.54, 1.807) is 0 Å². The lowest BCUT2D eigenvalue weighted by Crippen LogP contribution is -2.31. The minimum absolute atomic E-state index is 0.262. The van der Waals surface area contributed by atoms with Crippen LogP contribution < -0.4 is 5.73 Å². The molecule has 1 saturated carbocycles. The Hall–Kier alpha value is -0.410. The summed E-state index contributed by atoms with van der Waals surface area (Å²) in [5.41, 5.74) is 5.30. The van der Waals surface area contributed by atoms with E-state index in [0.29, 0.717) is 25.2 Å². The minimum atomic E-state index is -0.400. The normalized spacial score (nSPS) is 23.6. The molecule has 3 heteroatoms. The molecule has 0 aromatic rings. The van der Waals surface area contributed by atoms with Crippen molar-refractivity contribution >= 4 is 5.78 Å². The third-order valence-corrected chi connectivity index (χ3v) is 2.37. The van der Waals surface area contributed by atoms with Gasteiger partial charge in [0, 0.05) is 19.4 Å². The predicted octanol–water partition coefficient (Wildman–Crippen LogP) is 0.0653. The summed E-state index contributed by atoms with van der Waals surface area (Å²) < 4.78 is 0. The van der Waals surface area contributed by atoms with Gasteiger partial charge in [0.2, 0.25) is 0 Å². The topological polar surface area (TPSA) is 63.3 Å². The van der Waals surface area contributed by atoms with Crippen LogP contribution in [0.15, 0.2) is 0 Å². The fourth-order valence-electron chi connectivity index (χ4n) is 1.54. The van der Waals surface area contributed by atoms with Crippen molar-refractivity contribution in [3.63, 3.8) is 0 Å². The summed E-state index contributed by atoms with van der Waals surface area (Å²) in [6.45, 7) is 0.318. The average molecular weight is 157 g/mol. The Labute approximate surface area is 66.6 Å². The zero-order valence-corrected chi connectivity index (χ0v) is 6.62. The molecule has 3 N–H and O–H groups in total. The third-order valence-electron chi connectivity index (χ3n) is 2.37. The number of carbonyl (C=O) groups excluding carboxylic acids is 1. The summed E-state index contributed by atoms with van der Waals surface area (Å²) in [5, 5.41) is 9.33. The number of aliphatic hydroxyl groups is 1. The van der Waals surface area contributed by atoms with E-state index in [2.05, 4.69) is 0 Å². The van der Waals surface area contributed by atoms with Crippen LogP contribution in [0.2, 0.25) is 0 Å². The second kappa shape index (κ2) is 3.83. The van der Waals surface area contributed by atoms with Crippen LogP contribution in [-0.2, 0) is 4.79 Å². The van der Waals surface area contributed by atoms with Crippen LogP contribution in [0.3, 0.4) is 0 Å². The summed E-state index contributed by atoms with van der Waals surface area (Å²) >= 11 is 0. The fraction of sp³-hybridized carbons (Fsp3) is 0.875. The van der Waals surface area contributed by atoms with Crippen molar-refractivity contribution < 1.29 is 9.90 Å². The summed E-state index contributed by atoms with van der Waals surface area (Å²) in [6, 6.07) is 0. The van der Waals surface area contributed by atoms with Crippen molar-refractivity contribution in [2.75, 3.05) is 6.54 Å². The van der Waals surface area contributed by atoms with Gasteiger partial charge in [0.05, 0.1) is 6.10 Å². The molecule has 64 valence electrons. The second-order valence-electron chi connectivity index (χ2n) is 3.18. The molecule has 0 spiro atoms. The molecule has 0 radical (unpaired) electrons. The molecule has 0 bridgehead atoms. The first-order valence-corrected chi connectivity index (χ1v) is 4.14. The van der Waals surface area contributed by atoms with Crippen molar-refractivity contribution in [2.45, 2.75) is 31.8 Å². The Kier molecular flexibility index (Phi) is 3.02. The molecule has 1 unspecified atom stereocenters. The molecule has 0 heterocycles. The lowest BCUT2D eigenvalue weighted by Gasteiger charge is -2.24. The lowest BCUT2D eigenvalue weighted by atomic mass is 9.85. The first kappa shape index (κ1) is 8.68. The zero-order chi connectivity index (χ0) is 8.27. The van der Waals surface area contributed by atoms with Gasteiger partial charge in [-0.2, -0.15) is 0 Å². The van der Waals surface area contributed by atoms with Crippen molar-refractivity contribution in [3.8, 4) is 0 Å². The van der Waals surface area contributed by atoms with Gasteiger partial charge in [0.1, 0.15) is 5.78 Å². The maximum atomic E-state index is 10.8. The zero-order valence-electron chi connectivity index (χ0n) is 6.62. The molecule has 0 aliphatic heterocycles. The Bertz CT molecular complexity index is 137. The molecule has 0 aromatic heterocycles. The van der Waals surface area contributed by atoms with Crippen LogP contribution in [-0.4, -0.2) is 23.5 Å². The Balaban J connectivity index is 2.32. The summed E-state index contributed by atoms with van der Waals surface area (Å²) in [7, 11) is 0. The van der Waals surface area contributed by atoms with Crippen molar-refractivity contribution in [2.24, 2.45) is 11.7 Å². The van der Waals surface area contributed by atoms with Crippen LogP contribution >= 0.6 is 0 Å². The van der Waals surface area contributed by atoms with Crippen molar-refractivity contribution in [3.05, 3.63) is 0 Å². The number of hydrogen-bond acceptors (Lipinski definition) is 3. The van der Waals surface area contributed by atoms with E-state index in [9.17, 15) is 9.90 Å². The van der Waals surface area contributed by atoms with Crippen LogP contribution in [0.1, 0.15) is 25.7 Å². The van der Waals surface area contributed by atoms with Crippen LogP contribution in [0.5, 0.6) is 0 Å². The van der Waals surface area contributed by atoms with Gasteiger partial charge in [0.15, 0.2) is 0 Å². The number of carbonyl (C=O) groups is 1. The molecular weight excluding hydrogens is 142 g/mol. The minimum Gasteiger partial charge on any atom is -0.392 e. The fourth-order valence-corrected chi connectivity index (χ4v) is 1.54. The summed E-state index contributed by atoms with van der Waals surface area (Å²) in [6.07, 6.45) is 2.49. The van der Waals surface area contributed by atoms with Gasteiger partial charge in [-0.1, -0.05) is 0 Å². The Morgan fingerprint density at radius 1 is 1.55 bits per heavy atom. The van der Waals surface area contributed by atoms with Gasteiger partial charge in [-0.3, -0.25) is 4.79 Å². The van der Waals surface area contributed by atoms with E-state index in [1.807, 2.05) is 0 Å². The second-order valence-corrected chi connectivity index (χ2v) is 3.18. The van der Waals surface area contributed by atoms with Gasteiger partial charge in [-0.05, 0) is 18.8 Å². The third kappa shape index (κ3) is 2.27. The number of aliphatic hydroxyl groups excluding tert-OH is 1. The first-order chi connectivity index (χ1) is 5.24. The van der Waals surface area contributed by atoms with Gasteiger partial charge < -0.3 is 10.8 Å². The summed E-state index contributed by atoms with van der Waals surface area (Å²) in [5.74, 6) is 0.586. The maximum Gasteiger partial charge on any atom is 0.132 e. The number of ketones is 1. The van der Waals surface area contributed by atoms with E-state index in [-0.39, 0.29) is 5.92 Å². The average Bonchev–Trinajstić information content (AvgIpc) is 2.05. The first-order valence-electron chi connectivity index (χ1n) is 4.14. The number of Topliss-reactive ketones (excluding diaryl/α,β-unsaturated/α-hetero) is 1. The molecule has 0 saturated heterocycles. The van der Waals surface area contributed by atoms with Crippen molar-refractivity contribution in [1.82, 2.24) is 0 Å². The molecule has 1 fully saturated rings. The molecule has 1 atom stereocenters. The van der Waals surface area contributed by atoms with E-state index in [0.717, 1.165) is 12.8 Å². The van der Waals surface area contributed by atoms with Gasteiger partial charge >= 0.3 is 0 Å². The number of rotatable bonds is 2. The van der Waals surface area contributed by atoms with Crippen LogP contribution in [0.25, 0.3) is 0 Å². The highest BCUT2D eigenvalue weighted by Crippen LogP contribution is 2.23. The maximum absolute atomic E-state index is 10.8.